The van der Waals surface area contributed by atoms with Gasteiger partial charge in [-0.05, 0) is 68.7 Å². The Balaban J connectivity index is 1.63. The third-order valence-corrected chi connectivity index (χ3v) is 5.51. The zero-order valence-corrected chi connectivity index (χ0v) is 20.1. The molecule has 1 aliphatic heterocycles. The van der Waals surface area contributed by atoms with Gasteiger partial charge >= 0.3 is 6.09 Å². The molecule has 2 aromatic heterocycles. The molecule has 4 rings (SSSR count). The Morgan fingerprint density at radius 3 is 2.44 bits per heavy atom. The minimum Gasteiger partial charge on any atom is -0.493 e. The maximum Gasteiger partial charge on any atom is 0.410 e. The Bertz CT molecular complexity index is 1320. The number of carbonyl (C=O) groups is 1. The van der Waals surface area contributed by atoms with Gasteiger partial charge in [-0.15, -0.1) is 0 Å². The summed E-state index contributed by atoms with van der Waals surface area (Å²) in [5.41, 5.74) is 2.92. The molecule has 8 heteroatoms. The summed E-state index contributed by atoms with van der Waals surface area (Å²) >= 11 is 0. The molecule has 34 heavy (non-hydrogen) atoms. The molecule has 178 valence electrons. The highest BCUT2D eigenvalue weighted by Crippen LogP contribution is 2.31. The molecule has 0 spiro atoms. The monoisotopic (exact) mass is 463 g/mol. The number of carbonyl (C=O) groups excluding carboxylic acids is 1. The standard InChI is InChI=1S/C26H29N3O5/c1-26(2,3)34-25(31)28-12-6-7-18(15-28)19-9-11-23-27-20(14-24(30)29(23)16-19)17-8-10-21(32-4)22(13-17)33-5/h7-11,13-14,16H,6,12,15H2,1-5H3. The molecule has 1 aromatic carbocycles. The summed E-state index contributed by atoms with van der Waals surface area (Å²) in [7, 11) is 3.14. The predicted octanol–water partition coefficient (Wildman–Crippen LogP) is 4.40. The lowest BCUT2D eigenvalue weighted by Crippen LogP contribution is -2.39. The number of benzene rings is 1. The summed E-state index contributed by atoms with van der Waals surface area (Å²) in [6, 6.07) is 10.7. The van der Waals surface area contributed by atoms with E-state index < -0.39 is 5.60 Å². The molecule has 0 saturated carbocycles. The van der Waals surface area contributed by atoms with Crippen LogP contribution >= 0.6 is 0 Å². The van der Waals surface area contributed by atoms with Crippen molar-refractivity contribution in [1.29, 1.82) is 0 Å². The predicted molar refractivity (Wildman–Crippen MR) is 130 cm³/mol. The number of rotatable bonds is 4. The average Bonchev–Trinajstić information content (AvgIpc) is 2.82. The molecule has 1 amide bonds. The Kier molecular flexibility index (Phi) is 6.32. The van der Waals surface area contributed by atoms with Gasteiger partial charge in [0.05, 0.1) is 19.9 Å². The fraction of sp³-hybridized carbons (Fsp3) is 0.346. The Labute approximate surface area is 198 Å². The lowest BCUT2D eigenvalue weighted by atomic mass is 10.0. The van der Waals surface area contributed by atoms with Crippen molar-refractivity contribution in [1.82, 2.24) is 14.3 Å². The van der Waals surface area contributed by atoms with Crippen LogP contribution in [0, 0.1) is 0 Å². The van der Waals surface area contributed by atoms with Crippen molar-refractivity contribution >= 4 is 17.3 Å². The Hall–Kier alpha value is -3.81. The van der Waals surface area contributed by atoms with Crippen molar-refractivity contribution in [2.75, 3.05) is 27.3 Å². The SMILES string of the molecule is COc1ccc(-c2cc(=O)n3cc(C4=CCCN(C(=O)OC(C)(C)C)C4)ccc3n2)cc1OC. The number of ether oxygens (including phenoxy) is 3. The van der Waals surface area contributed by atoms with Crippen LogP contribution in [0.25, 0.3) is 22.5 Å². The molecule has 1 aliphatic rings. The number of hydrogen-bond donors (Lipinski definition) is 0. The van der Waals surface area contributed by atoms with E-state index in [0.29, 0.717) is 35.9 Å². The van der Waals surface area contributed by atoms with Gasteiger partial charge in [0.2, 0.25) is 0 Å². The zero-order chi connectivity index (χ0) is 24.5. The van der Waals surface area contributed by atoms with Gasteiger partial charge in [-0.25, -0.2) is 9.78 Å². The first-order valence-corrected chi connectivity index (χ1v) is 11.1. The largest absolute Gasteiger partial charge is 0.493 e. The third kappa shape index (κ3) is 4.90. The van der Waals surface area contributed by atoms with Gasteiger partial charge < -0.3 is 19.1 Å². The van der Waals surface area contributed by atoms with E-state index in [0.717, 1.165) is 23.1 Å². The molecule has 0 aliphatic carbocycles. The van der Waals surface area contributed by atoms with Crippen molar-refractivity contribution in [2.24, 2.45) is 0 Å². The minimum atomic E-state index is -0.550. The summed E-state index contributed by atoms with van der Waals surface area (Å²) in [5, 5.41) is 0. The number of fused-ring (bicyclic) bond motifs is 1. The fourth-order valence-corrected chi connectivity index (χ4v) is 3.87. The molecule has 0 bridgehead atoms. The van der Waals surface area contributed by atoms with Crippen LogP contribution in [0.2, 0.25) is 0 Å². The van der Waals surface area contributed by atoms with E-state index in [1.54, 1.807) is 37.4 Å². The quantitative estimate of drug-likeness (QED) is 0.570. The summed E-state index contributed by atoms with van der Waals surface area (Å²) in [4.78, 5) is 31.8. The number of amides is 1. The van der Waals surface area contributed by atoms with Crippen molar-refractivity contribution in [3.05, 3.63) is 64.6 Å². The maximum atomic E-state index is 13.0. The van der Waals surface area contributed by atoms with Crippen molar-refractivity contribution in [3.8, 4) is 22.8 Å². The van der Waals surface area contributed by atoms with Gasteiger partial charge in [0.25, 0.3) is 5.56 Å². The van der Waals surface area contributed by atoms with Gasteiger partial charge in [0.1, 0.15) is 11.2 Å². The number of hydrogen-bond acceptors (Lipinski definition) is 6. The number of aromatic nitrogens is 2. The van der Waals surface area contributed by atoms with E-state index in [4.69, 9.17) is 14.2 Å². The van der Waals surface area contributed by atoms with Gasteiger partial charge in [0, 0.05) is 30.9 Å². The topological polar surface area (TPSA) is 82.4 Å². The van der Waals surface area contributed by atoms with E-state index in [2.05, 4.69) is 11.1 Å². The first-order chi connectivity index (χ1) is 16.2. The summed E-state index contributed by atoms with van der Waals surface area (Å²) in [6.07, 6.45) is 4.25. The first kappa shape index (κ1) is 23.4. The van der Waals surface area contributed by atoms with Gasteiger partial charge in [0.15, 0.2) is 11.5 Å². The summed E-state index contributed by atoms with van der Waals surface area (Å²) in [6.45, 7) is 6.58. The highest BCUT2D eigenvalue weighted by Gasteiger charge is 2.25. The number of pyridine rings is 1. The van der Waals surface area contributed by atoms with Crippen LogP contribution in [-0.2, 0) is 4.74 Å². The van der Waals surface area contributed by atoms with E-state index in [9.17, 15) is 9.59 Å². The van der Waals surface area contributed by atoms with Crippen LogP contribution in [0.3, 0.4) is 0 Å². The van der Waals surface area contributed by atoms with Crippen LogP contribution in [0.15, 0.2) is 53.5 Å². The molecule has 8 nitrogen and oxygen atoms in total. The second-order valence-corrected chi connectivity index (χ2v) is 9.12. The molecule has 3 heterocycles. The second-order valence-electron chi connectivity index (χ2n) is 9.12. The maximum absolute atomic E-state index is 13.0. The van der Waals surface area contributed by atoms with E-state index in [1.165, 1.54) is 10.5 Å². The molecule has 0 atom stereocenters. The summed E-state index contributed by atoms with van der Waals surface area (Å²) in [5.74, 6) is 1.17. The van der Waals surface area contributed by atoms with Gasteiger partial charge in [-0.2, -0.15) is 0 Å². The van der Waals surface area contributed by atoms with Gasteiger partial charge in [-0.1, -0.05) is 6.08 Å². The first-order valence-electron chi connectivity index (χ1n) is 11.1. The molecular formula is C26H29N3O5. The molecule has 3 aromatic rings. The molecule has 0 fully saturated rings. The lowest BCUT2D eigenvalue weighted by molar-refractivity contribution is 0.0273. The Morgan fingerprint density at radius 2 is 1.74 bits per heavy atom. The van der Waals surface area contributed by atoms with Crippen LogP contribution in [-0.4, -0.2) is 53.3 Å². The zero-order valence-electron chi connectivity index (χ0n) is 20.1. The highest BCUT2D eigenvalue weighted by atomic mass is 16.6. The van der Waals surface area contributed by atoms with Crippen LogP contribution < -0.4 is 15.0 Å². The second kappa shape index (κ2) is 9.21. The smallest absolute Gasteiger partial charge is 0.410 e. The van der Waals surface area contributed by atoms with E-state index >= 15 is 0 Å². The molecule has 0 N–H and O–H groups in total. The van der Waals surface area contributed by atoms with E-state index in [1.807, 2.05) is 39.0 Å². The van der Waals surface area contributed by atoms with Crippen LogP contribution in [0.5, 0.6) is 11.5 Å². The molecular weight excluding hydrogens is 434 g/mol. The average molecular weight is 464 g/mol. The van der Waals surface area contributed by atoms with Crippen LogP contribution in [0.4, 0.5) is 4.79 Å². The van der Waals surface area contributed by atoms with Gasteiger partial charge in [-0.3, -0.25) is 9.20 Å². The van der Waals surface area contributed by atoms with Crippen molar-refractivity contribution < 1.29 is 19.0 Å². The lowest BCUT2D eigenvalue weighted by Gasteiger charge is -2.30. The number of methoxy groups -OCH3 is 2. The third-order valence-electron chi connectivity index (χ3n) is 5.51. The normalized spacial score (nSPS) is 14.0. The number of nitrogens with zero attached hydrogens (tertiary/aromatic N) is 3. The fourth-order valence-electron chi connectivity index (χ4n) is 3.87. The molecule has 0 radical (unpaired) electrons. The minimum absolute atomic E-state index is 0.197. The van der Waals surface area contributed by atoms with E-state index in [-0.39, 0.29) is 11.7 Å². The summed E-state index contributed by atoms with van der Waals surface area (Å²) < 4.78 is 17.7. The highest BCUT2D eigenvalue weighted by molar-refractivity contribution is 5.76. The van der Waals surface area contributed by atoms with Crippen molar-refractivity contribution in [3.63, 3.8) is 0 Å². The van der Waals surface area contributed by atoms with Crippen LogP contribution in [0.1, 0.15) is 32.8 Å². The molecule has 0 saturated heterocycles. The Morgan fingerprint density at radius 1 is 1.00 bits per heavy atom. The molecule has 0 unspecified atom stereocenters. The van der Waals surface area contributed by atoms with Crippen molar-refractivity contribution in [2.45, 2.75) is 32.8 Å².